The van der Waals surface area contributed by atoms with Gasteiger partial charge in [0.1, 0.15) is 6.10 Å². The van der Waals surface area contributed by atoms with E-state index in [4.69, 9.17) is 4.74 Å². The van der Waals surface area contributed by atoms with E-state index < -0.39 is 18.2 Å². The SMILES string of the molecule is CCCCCCCC/C=C\C/C=C/C(CC(=O)NC(CO)C(O)CCCCCCCCCCCCCCCCCCC)OC(=O)CCCCCCCCCCCCCCC. The van der Waals surface area contributed by atoms with Crippen LogP contribution in [-0.2, 0) is 14.3 Å². The molecular formula is C54H103NO5. The van der Waals surface area contributed by atoms with Gasteiger partial charge in [-0.25, -0.2) is 0 Å². The Kier molecular flexibility index (Phi) is 47.0. The summed E-state index contributed by atoms with van der Waals surface area (Å²) in [6.07, 6.45) is 55.6. The van der Waals surface area contributed by atoms with Crippen LogP contribution in [0.25, 0.3) is 0 Å². The molecule has 3 N–H and O–H groups in total. The quantitative estimate of drug-likeness (QED) is 0.0322. The van der Waals surface area contributed by atoms with Gasteiger partial charge in [0.05, 0.1) is 25.2 Å². The number of carbonyl (C=O) groups is 2. The molecule has 0 aromatic rings. The van der Waals surface area contributed by atoms with Crippen LogP contribution in [0.5, 0.6) is 0 Å². The number of aliphatic hydroxyl groups excluding tert-OH is 2. The molecule has 3 unspecified atom stereocenters. The number of aliphatic hydroxyl groups is 2. The average molecular weight is 846 g/mol. The van der Waals surface area contributed by atoms with Crippen LogP contribution < -0.4 is 5.32 Å². The van der Waals surface area contributed by atoms with Gasteiger partial charge in [-0.3, -0.25) is 9.59 Å². The molecule has 1 amide bonds. The molecule has 0 rings (SSSR count). The summed E-state index contributed by atoms with van der Waals surface area (Å²) in [5.74, 6) is -0.589. The van der Waals surface area contributed by atoms with Crippen LogP contribution in [0.4, 0.5) is 0 Å². The molecular weight excluding hydrogens is 743 g/mol. The zero-order valence-electron chi connectivity index (χ0n) is 40.4. The van der Waals surface area contributed by atoms with Gasteiger partial charge in [0.15, 0.2) is 0 Å². The number of amides is 1. The van der Waals surface area contributed by atoms with Gasteiger partial charge in [-0.2, -0.15) is 0 Å². The van der Waals surface area contributed by atoms with Gasteiger partial charge in [-0.15, -0.1) is 0 Å². The second-order valence-corrected chi connectivity index (χ2v) is 18.3. The molecule has 6 nitrogen and oxygen atoms in total. The lowest BCUT2D eigenvalue weighted by atomic mass is 10.0. The summed E-state index contributed by atoms with van der Waals surface area (Å²) in [4.78, 5) is 26.0. The van der Waals surface area contributed by atoms with Crippen molar-refractivity contribution in [3.8, 4) is 0 Å². The van der Waals surface area contributed by atoms with E-state index in [1.165, 1.54) is 193 Å². The number of nitrogens with one attached hydrogen (secondary N) is 1. The average Bonchev–Trinajstić information content (AvgIpc) is 3.24. The summed E-state index contributed by atoms with van der Waals surface area (Å²) in [5.41, 5.74) is 0. The fraction of sp³-hybridized carbons (Fsp3) is 0.889. The van der Waals surface area contributed by atoms with Crippen LogP contribution in [0.1, 0.15) is 284 Å². The van der Waals surface area contributed by atoms with Crippen molar-refractivity contribution < 1.29 is 24.5 Å². The van der Waals surface area contributed by atoms with E-state index in [0.717, 1.165) is 51.4 Å². The number of carbonyl (C=O) groups excluding carboxylic acids is 2. The Balaban J connectivity index is 4.51. The van der Waals surface area contributed by atoms with Gasteiger partial charge in [0, 0.05) is 6.42 Å². The fourth-order valence-electron chi connectivity index (χ4n) is 8.22. The van der Waals surface area contributed by atoms with E-state index in [1.807, 2.05) is 12.2 Å². The lowest BCUT2D eigenvalue weighted by Crippen LogP contribution is -2.46. The van der Waals surface area contributed by atoms with Crippen LogP contribution in [0.15, 0.2) is 24.3 Å². The van der Waals surface area contributed by atoms with Gasteiger partial charge in [0.25, 0.3) is 0 Å². The standard InChI is InChI=1S/C54H103NO5/c1-4-7-10-13-16-19-22-24-25-26-27-29-31-34-37-40-43-46-52(57)51(49-56)55-53(58)48-50(45-42-39-36-33-30-21-18-15-12-9-6-3)60-54(59)47-44-41-38-35-32-28-23-20-17-14-11-8-5-2/h33,36,42,45,50-52,56-57H,4-32,34-35,37-41,43-44,46-49H2,1-3H3,(H,55,58)/b36-33-,45-42+. The number of ether oxygens (including phenoxy) is 1. The maximum atomic E-state index is 13.2. The molecule has 0 bridgehead atoms. The first kappa shape index (κ1) is 58.3. The van der Waals surface area contributed by atoms with Crippen LogP contribution in [0.2, 0.25) is 0 Å². The molecule has 60 heavy (non-hydrogen) atoms. The topological polar surface area (TPSA) is 95.9 Å². The van der Waals surface area contributed by atoms with E-state index in [1.54, 1.807) is 0 Å². The van der Waals surface area contributed by atoms with Gasteiger partial charge in [0.2, 0.25) is 5.91 Å². The minimum absolute atomic E-state index is 0.0232. The second kappa shape index (κ2) is 48.4. The zero-order valence-corrected chi connectivity index (χ0v) is 40.4. The molecule has 0 radical (unpaired) electrons. The van der Waals surface area contributed by atoms with Crippen molar-refractivity contribution in [3.05, 3.63) is 24.3 Å². The number of hydrogen-bond donors (Lipinski definition) is 3. The molecule has 0 fully saturated rings. The predicted molar refractivity (Wildman–Crippen MR) is 260 cm³/mol. The second-order valence-electron chi connectivity index (χ2n) is 18.3. The molecule has 0 saturated carbocycles. The first-order valence-corrected chi connectivity index (χ1v) is 26.6. The number of allylic oxidation sites excluding steroid dienone is 3. The molecule has 6 heteroatoms. The van der Waals surface area contributed by atoms with Crippen molar-refractivity contribution >= 4 is 11.9 Å². The van der Waals surface area contributed by atoms with Crippen molar-refractivity contribution in [3.63, 3.8) is 0 Å². The number of unbranched alkanes of at least 4 members (excludes halogenated alkanes) is 34. The molecule has 0 aromatic carbocycles. The maximum absolute atomic E-state index is 13.2. The van der Waals surface area contributed by atoms with Crippen molar-refractivity contribution in [2.45, 2.75) is 302 Å². The van der Waals surface area contributed by atoms with Crippen LogP contribution >= 0.6 is 0 Å². The molecule has 0 aromatic heterocycles. The largest absolute Gasteiger partial charge is 0.458 e. The fourth-order valence-corrected chi connectivity index (χ4v) is 8.22. The zero-order chi connectivity index (χ0) is 43.8. The summed E-state index contributed by atoms with van der Waals surface area (Å²) in [6, 6.07) is -0.727. The molecule has 0 aliphatic carbocycles. The van der Waals surface area contributed by atoms with Crippen molar-refractivity contribution in [1.82, 2.24) is 5.32 Å². The Morgan fingerprint density at radius 2 is 0.883 bits per heavy atom. The minimum atomic E-state index is -0.806. The lowest BCUT2D eigenvalue weighted by Gasteiger charge is -2.23. The van der Waals surface area contributed by atoms with Crippen LogP contribution in [0.3, 0.4) is 0 Å². The monoisotopic (exact) mass is 846 g/mol. The smallest absolute Gasteiger partial charge is 0.306 e. The van der Waals surface area contributed by atoms with Crippen LogP contribution in [0, 0.1) is 0 Å². The highest BCUT2D eigenvalue weighted by molar-refractivity contribution is 5.78. The van der Waals surface area contributed by atoms with E-state index in [2.05, 4.69) is 38.2 Å². The predicted octanol–water partition coefficient (Wildman–Crippen LogP) is 15.9. The summed E-state index contributed by atoms with van der Waals surface area (Å²) in [6.45, 7) is 6.46. The Morgan fingerprint density at radius 3 is 1.30 bits per heavy atom. The number of rotatable bonds is 48. The molecule has 0 spiro atoms. The summed E-state index contributed by atoms with van der Waals surface area (Å²) in [5, 5.41) is 23.7. The molecule has 3 atom stereocenters. The van der Waals surface area contributed by atoms with Crippen molar-refractivity contribution in [2.24, 2.45) is 0 Å². The number of esters is 1. The molecule has 0 aliphatic heterocycles. The Labute approximate surface area is 373 Å². The summed E-state index contributed by atoms with van der Waals surface area (Å²) < 4.78 is 5.83. The summed E-state index contributed by atoms with van der Waals surface area (Å²) >= 11 is 0. The highest BCUT2D eigenvalue weighted by Gasteiger charge is 2.23. The molecule has 354 valence electrons. The third-order valence-corrected chi connectivity index (χ3v) is 12.3. The van der Waals surface area contributed by atoms with Gasteiger partial charge < -0.3 is 20.3 Å². The van der Waals surface area contributed by atoms with E-state index >= 15 is 0 Å². The molecule has 0 aliphatic rings. The highest BCUT2D eigenvalue weighted by Crippen LogP contribution is 2.17. The van der Waals surface area contributed by atoms with Gasteiger partial charge in [-0.05, 0) is 38.2 Å². The Hall–Kier alpha value is -1.66. The van der Waals surface area contributed by atoms with E-state index in [9.17, 15) is 19.8 Å². The number of hydrogen-bond acceptors (Lipinski definition) is 5. The van der Waals surface area contributed by atoms with E-state index in [-0.39, 0.29) is 24.9 Å². The maximum Gasteiger partial charge on any atom is 0.306 e. The summed E-state index contributed by atoms with van der Waals surface area (Å²) in [7, 11) is 0. The van der Waals surface area contributed by atoms with E-state index in [0.29, 0.717) is 12.8 Å². The normalized spacial score (nSPS) is 13.3. The lowest BCUT2D eigenvalue weighted by molar-refractivity contribution is -0.148. The first-order valence-electron chi connectivity index (χ1n) is 26.6. The van der Waals surface area contributed by atoms with Gasteiger partial charge in [-0.1, -0.05) is 257 Å². The third-order valence-electron chi connectivity index (χ3n) is 12.3. The van der Waals surface area contributed by atoms with Gasteiger partial charge >= 0.3 is 5.97 Å². The van der Waals surface area contributed by atoms with Crippen molar-refractivity contribution in [1.29, 1.82) is 0 Å². The third kappa shape index (κ3) is 43.0. The van der Waals surface area contributed by atoms with Crippen LogP contribution in [-0.4, -0.2) is 46.9 Å². The minimum Gasteiger partial charge on any atom is -0.458 e. The first-order chi connectivity index (χ1) is 29.5. The molecule has 0 heterocycles. The Morgan fingerprint density at radius 1 is 0.500 bits per heavy atom. The van der Waals surface area contributed by atoms with Crippen molar-refractivity contribution in [2.75, 3.05) is 6.61 Å². The highest BCUT2D eigenvalue weighted by atomic mass is 16.5. The Bertz CT molecular complexity index is 950. The molecule has 0 saturated heterocycles.